The third kappa shape index (κ3) is 3.19. The first-order valence-electron chi connectivity index (χ1n) is 7.70. The summed E-state index contributed by atoms with van der Waals surface area (Å²) in [6.45, 7) is 2.90. The SMILES string of the molecule is O=C(O)c1cc(S(=O)(=O)N2CCOCC2)ccc1N1CCCC1. The van der Waals surface area contributed by atoms with Crippen molar-refractivity contribution < 1.29 is 23.1 Å². The average Bonchev–Trinajstić information content (AvgIpc) is 3.09. The highest BCUT2D eigenvalue weighted by Crippen LogP contribution is 2.28. The minimum Gasteiger partial charge on any atom is -0.478 e. The maximum Gasteiger partial charge on any atom is 0.337 e. The standard InChI is InChI=1S/C15H20N2O5S/c18-15(19)13-11-12(3-4-14(13)16-5-1-2-6-16)23(20,21)17-7-9-22-10-8-17/h3-4,11H,1-2,5-10H2,(H,18,19). The Morgan fingerprint density at radius 2 is 1.74 bits per heavy atom. The summed E-state index contributed by atoms with van der Waals surface area (Å²) in [7, 11) is -3.69. The van der Waals surface area contributed by atoms with E-state index >= 15 is 0 Å². The highest BCUT2D eigenvalue weighted by atomic mass is 32.2. The van der Waals surface area contributed by atoms with Gasteiger partial charge in [0.2, 0.25) is 10.0 Å². The molecule has 2 aliphatic rings. The van der Waals surface area contributed by atoms with Crippen LogP contribution in [-0.2, 0) is 14.8 Å². The van der Waals surface area contributed by atoms with Crippen LogP contribution < -0.4 is 4.90 Å². The summed E-state index contributed by atoms with van der Waals surface area (Å²) in [6, 6.07) is 4.40. The molecular formula is C15H20N2O5S. The molecule has 23 heavy (non-hydrogen) atoms. The third-order valence-electron chi connectivity index (χ3n) is 4.25. The molecule has 1 N–H and O–H groups in total. The molecule has 7 nitrogen and oxygen atoms in total. The van der Waals surface area contributed by atoms with Gasteiger partial charge < -0.3 is 14.7 Å². The van der Waals surface area contributed by atoms with E-state index in [2.05, 4.69) is 0 Å². The van der Waals surface area contributed by atoms with Crippen LogP contribution in [0.15, 0.2) is 23.1 Å². The van der Waals surface area contributed by atoms with Crippen molar-refractivity contribution in [1.29, 1.82) is 0 Å². The zero-order valence-electron chi connectivity index (χ0n) is 12.8. The van der Waals surface area contributed by atoms with Gasteiger partial charge >= 0.3 is 5.97 Å². The van der Waals surface area contributed by atoms with E-state index in [1.54, 1.807) is 6.07 Å². The zero-order valence-corrected chi connectivity index (χ0v) is 13.6. The molecule has 0 radical (unpaired) electrons. The molecule has 0 atom stereocenters. The van der Waals surface area contributed by atoms with Crippen molar-refractivity contribution in [3.63, 3.8) is 0 Å². The third-order valence-corrected chi connectivity index (χ3v) is 6.15. The van der Waals surface area contributed by atoms with Gasteiger partial charge in [0.05, 0.1) is 29.4 Å². The summed E-state index contributed by atoms with van der Waals surface area (Å²) in [5, 5.41) is 9.47. The maximum atomic E-state index is 12.7. The second-order valence-corrected chi connectivity index (χ2v) is 7.63. The monoisotopic (exact) mass is 340 g/mol. The van der Waals surface area contributed by atoms with Gasteiger partial charge in [-0.1, -0.05) is 0 Å². The molecule has 2 fully saturated rings. The number of carbonyl (C=O) groups is 1. The first kappa shape index (κ1) is 16.2. The molecule has 1 aromatic carbocycles. The lowest BCUT2D eigenvalue weighted by Crippen LogP contribution is -2.40. The Labute approximate surface area is 135 Å². The number of carboxylic acids is 1. The number of hydrogen-bond donors (Lipinski definition) is 1. The Bertz CT molecular complexity index is 692. The zero-order chi connectivity index (χ0) is 16.4. The Hall–Kier alpha value is -1.64. The molecule has 0 unspecified atom stereocenters. The van der Waals surface area contributed by atoms with E-state index in [1.807, 2.05) is 4.90 Å². The van der Waals surface area contributed by atoms with Crippen LogP contribution in [0, 0.1) is 0 Å². The fraction of sp³-hybridized carbons (Fsp3) is 0.533. The van der Waals surface area contributed by atoms with Crippen LogP contribution in [-0.4, -0.2) is 63.2 Å². The van der Waals surface area contributed by atoms with Crippen LogP contribution in [0.5, 0.6) is 0 Å². The number of hydrogen-bond acceptors (Lipinski definition) is 5. The first-order valence-corrected chi connectivity index (χ1v) is 9.14. The molecule has 126 valence electrons. The van der Waals surface area contributed by atoms with E-state index in [0.717, 1.165) is 25.9 Å². The van der Waals surface area contributed by atoms with Crippen molar-refractivity contribution in [1.82, 2.24) is 4.31 Å². The minimum absolute atomic E-state index is 0.0275. The molecule has 0 bridgehead atoms. The lowest BCUT2D eigenvalue weighted by atomic mass is 10.1. The number of benzene rings is 1. The summed E-state index contributed by atoms with van der Waals surface area (Å²) >= 11 is 0. The quantitative estimate of drug-likeness (QED) is 0.880. The average molecular weight is 340 g/mol. The van der Waals surface area contributed by atoms with Crippen LogP contribution in [0.1, 0.15) is 23.2 Å². The Morgan fingerprint density at radius 1 is 1.09 bits per heavy atom. The number of carboxylic acid groups (broad SMARTS) is 1. The highest BCUT2D eigenvalue weighted by molar-refractivity contribution is 7.89. The van der Waals surface area contributed by atoms with E-state index < -0.39 is 16.0 Å². The Balaban J connectivity index is 1.97. The number of sulfonamides is 1. The van der Waals surface area contributed by atoms with Crippen LogP contribution in [0.25, 0.3) is 0 Å². The topological polar surface area (TPSA) is 87.1 Å². The Kier molecular flexibility index (Phi) is 4.56. The van der Waals surface area contributed by atoms with E-state index in [-0.39, 0.29) is 10.5 Å². The van der Waals surface area contributed by atoms with Crippen molar-refractivity contribution in [2.45, 2.75) is 17.7 Å². The molecule has 1 aromatic rings. The Morgan fingerprint density at radius 3 is 2.35 bits per heavy atom. The van der Waals surface area contributed by atoms with Crippen molar-refractivity contribution in [3.05, 3.63) is 23.8 Å². The largest absolute Gasteiger partial charge is 0.478 e. The number of anilines is 1. The molecular weight excluding hydrogens is 320 g/mol. The van der Waals surface area contributed by atoms with E-state index in [0.29, 0.717) is 32.0 Å². The fourth-order valence-corrected chi connectivity index (χ4v) is 4.45. The number of rotatable bonds is 4. The summed E-state index contributed by atoms with van der Waals surface area (Å²) in [5.41, 5.74) is 0.636. The van der Waals surface area contributed by atoms with Crippen LogP contribution in [0.3, 0.4) is 0 Å². The lowest BCUT2D eigenvalue weighted by molar-refractivity contribution is 0.0696. The maximum absolute atomic E-state index is 12.7. The number of nitrogens with zero attached hydrogens (tertiary/aromatic N) is 2. The predicted octanol–water partition coefficient (Wildman–Crippen LogP) is 1.01. The molecule has 0 spiro atoms. The molecule has 0 saturated carbocycles. The van der Waals surface area contributed by atoms with Gasteiger partial charge in [-0.3, -0.25) is 0 Å². The number of morpholine rings is 1. The van der Waals surface area contributed by atoms with E-state index in [4.69, 9.17) is 4.74 Å². The van der Waals surface area contributed by atoms with Crippen LogP contribution in [0.4, 0.5) is 5.69 Å². The van der Waals surface area contributed by atoms with Gasteiger partial charge in [-0.2, -0.15) is 4.31 Å². The van der Waals surface area contributed by atoms with E-state index in [9.17, 15) is 18.3 Å². The summed E-state index contributed by atoms with van der Waals surface area (Å²) < 4.78 is 31.8. The summed E-state index contributed by atoms with van der Waals surface area (Å²) in [6.07, 6.45) is 2.04. The second kappa shape index (κ2) is 6.46. The number of ether oxygens (including phenoxy) is 1. The molecule has 0 amide bonds. The van der Waals surface area contributed by atoms with Gasteiger partial charge in [0.25, 0.3) is 0 Å². The highest BCUT2D eigenvalue weighted by Gasteiger charge is 2.28. The summed E-state index contributed by atoms with van der Waals surface area (Å²) in [4.78, 5) is 13.6. The number of aromatic carboxylic acids is 1. The second-order valence-electron chi connectivity index (χ2n) is 5.69. The molecule has 2 heterocycles. The van der Waals surface area contributed by atoms with Gasteiger partial charge in [-0.15, -0.1) is 0 Å². The molecule has 0 aliphatic carbocycles. The molecule has 3 rings (SSSR count). The molecule has 0 aromatic heterocycles. The van der Waals surface area contributed by atoms with E-state index in [1.165, 1.54) is 16.4 Å². The van der Waals surface area contributed by atoms with Gasteiger partial charge in [-0.25, -0.2) is 13.2 Å². The smallest absolute Gasteiger partial charge is 0.337 e. The van der Waals surface area contributed by atoms with Gasteiger partial charge in [0.15, 0.2) is 0 Å². The van der Waals surface area contributed by atoms with Crippen molar-refractivity contribution in [3.8, 4) is 0 Å². The molecule has 8 heteroatoms. The van der Waals surface area contributed by atoms with Crippen molar-refractivity contribution in [2.24, 2.45) is 0 Å². The van der Waals surface area contributed by atoms with Crippen molar-refractivity contribution >= 4 is 21.7 Å². The van der Waals surface area contributed by atoms with Gasteiger partial charge in [-0.05, 0) is 31.0 Å². The van der Waals surface area contributed by atoms with Crippen LogP contribution in [0.2, 0.25) is 0 Å². The van der Waals surface area contributed by atoms with Crippen LogP contribution >= 0.6 is 0 Å². The van der Waals surface area contributed by atoms with Crippen molar-refractivity contribution in [2.75, 3.05) is 44.3 Å². The normalized spacial score (nSPS) is 19.9. The molecule has 2 aliphatic heterocycles. The minimum atomic E-state index is -3.69. The predicted molar refractivity (Wildman–Crippen MR) is 84.4 cm³/mol. The lowest BCUT2D eigenvalue weighted by Gasteiger charge is -2.27. The fourth-order valence-electron chi connectivity index (χ4n) is 3.02. The molecule has 2 saturated heterocycles. The van der Waals surface area contributed by atoms with Gasteiger partial charge in [0.1, 0.15) is 0 Å². The van der Waals surface area contributed by atoms with Gasteiger partial charge in [0, 0.05) is 26.2 Å². The first-order chi connectivity index (χ1) is 11.0. The summed E-state index contributed by atoms with van der Waals surface area (Å²) in [5.74, 6) is -1.11.